The number of likely N-dealkylation sites (tertiary alicyclic amines) is 1. The Hall–Kier alpha value is -3.78. The van der Waals surface area contributed by atoms with E-state index < -0.39 is 0 Å². The number of para-hydroxylation sites is 2. The standard InChI is InChI=1S/C37H38BrN5O/c38-31-17-19-32(20-18-31)43-34-16-8-7-15-33(34)39-35(43)27-40-21-9-14-30(26-40)37(44)42-24-22-41(23-25-42)36(28-10-3-1-4-11-28)29-12-5-2-6-13-29/h1-8,10-13,15-20,30,36H,9,14,21-27H2/t30-/m1/s1. The van der Waals surface area contributed by atoms with Crippen LogP contribution in [0.5, 0.6) is 0 Å². The molecule has 7 heteroatoms. The summed E-state index contributed by atoms with van der Waals surface area (Å²) in [5.74, 6) is 1.36. The summed E-state index contributed by atoms with van der Waals surface area (Å²) >= 11 is 3.57. The smallest absolute Gasteiger partial charge is 0.227 e. The van der Waals surface area contributed by atoms with E-state index in [2.05, 4.69) is 138 Å². The minimum atomic E-state index is 0.0276. The zero-order valence-corrected chi connectivity index (χ0v) is 26.5. The van der Waals surface area contributed by atoms with Gasteiger partial charge in [0.1, 0.15) is 5.82 Å². The highest BCUT2D eigenvalue weighted by molar-refractivity contribution is 9.10. The van der Waals surface area contributed by atoms with Crippen LogP contribution < -0.4 is 0 Å². The molecule has 1 aromatic heterocycles. The molecule has 7 rings (SSSR count). The van der Waals surface area contributed by atoms with Crippen LogP contribution >= 0.6 is 15.9 Å². The zero-order chi connectivity index (χ0) is 29.9. The van der Waals surface area contributed by atoms with Crippen LogP contribution in [0.4, 0.5) is 0 Å². The van der Waals surface area contributed by atoms with Gasteiger partial charge in [0.05, 0.1) is 29.5 Å². The van der Waals surface area contributed by atoms with Crippen molar-refractivity contribution in [1.29, 1.82) is 0 Å². The molecule has 0 radical (unpaired) electrons. The van der Waals surface area contributed by atoms with Gasteiger partial charge in [-0.3, -0.25) is 19.2 Å². The number of piperidine rings is 1. The molecule has 1 amide bonds. The molecule has 0 unspecified atom stereocenters. The number of hydrogen-bond donors (Lipinski definition) is 0. The monoisotopic (exact) mass is 647 g/mol. The third-order valence-corrected chi connectivity index (χ3v) is 9.69. The molecule has 44 heavy (non-hydrogen) atoms. The molecule has 2 fully saturated rings. The number of carbonyl (C=O) groups is 1. The molecule has 0 aliphatic carbocycles. The fourth-order valence-electron chi connectivity index (χ4n) is 7.00. The highest BCUT2D eigenvalue weighted by Crippen LogP contribution is 2.31. The van der Waals surface area contributed by atoms with E-state index in [1.165, 1.54) is 11.1 Å². The summed E-state index contributed by atoms with van der Waals surface area (Å²) in [6.45, 7) is 5.76. The molecule has 0 spiro atoms. The first-order chi connectivity index (χ1) is 21.6. The quantitative estimate of drug-likeness (QED) is 0.192. The predicted octanol–water partition coefficient (Wildman–Crippen LogP) is 6.93. The number of fused-ring (bicyclic) bond motifs is 1. The maximum Gasteiger partial charge on any atom is 0.227 e. The van der Waals surface area contributed by atoms with Crippen LogP contribution in [0.25, 0.3) is 16.7 Å². The van der Waals surface area contributed by atoms with Crippen molar-refractivity contribution in [3.8, 4) is 5.69 Å². The number of halogens is 1. The summed E-state index contributed by atoms with van der Waals surface area (Å²) < 4.78 is 3.32. The SMILES string of the molecule is O=C([C@@H]1CCCN(Cc2nc3ccccc3n2-c2ccc(Br)cc2)C1)N1CCN(C(c2ccccc2)c2ccccc2)CC1. The van der Waals surface area contributed by atoms with Gasteiger partial charge in [0.25, 0.3) is 0 Å². The molecule has 2 aliphatic heterocycles. The maximum absolute atomic E-state index is 13.9. The molecular formula is C37H38BrN5O. The van der Waals surface area contributed by atoms with Gasteiger partial charge in [0.2, 0.25) is 5.91 Å². The molecule has 2 saturated heterocycles. The van der Waals surface area contributed by atoms with Crippen molar-refractivity contribution in [3.63, 3.8) is 0 Å². The van der Waals surface area contributed by atoms with Crippen LogP contribution in [0.2, 0.25) is 0 Å². The van der Waals surface area contributed by atoms with Gasteiger partial charge in [-0.15, -0.1) is 0 Å². The Morgan fingerprint density at radius 2 is 1.41 bits per heavy atom. The Morgan fingerprint density at radius 3 is 2.09 bits per heavy atom. The third-order valence-electron chi connectivity index (χ3n) is 9.16. The second-order valence-electron chi connectivity index (χ2n) is 12.0. The predicted molar refractivity (Wildman–Crippen MR) is 180 cm³/mol. The van der Waals surface area contributed by atoms with E-state index >= 15 is 0 Å². The molecule has 5 aromatic rings. The number of nitrogens with zero attached hydrogens (tertiary/aromatic N) is 5. The van der Waals surface area contributed by atoms with Crippen LogP contribution in [0.3, 0.4) is 0 Å². The Balaban J connectivity index is 1.03. The van der Waals surface area contributed by atoms with E-state index in [0.717, 1.165) is 85.7 Å². The van der Waals surface area contributed by atoms with Crippen molar-refractivity contribution < 1.29 is 4.79 Å². The molecule has 0 saturated carbocycles. The average Bonchev–Trinajstić information content (AvgIpc) is 3.44. The van der Waals surface area contributed by atoms with Crippen LogP contribution in [0, 0.1) is 5.92 Å². The molecule has 6 nitrogen and oxygen atoms in total. The van der Waals surface area contributed by atoms with Gasteiger partial charge in [0.15, 0.2) is 0 Å². The lowest BCUT2D eigenvalue weighted by Crippen LogP contribution is -2.53. The van der Waals surface area contributed by atoms with Crippen molar-refractivity contribution in [2.45, 2.75) is 25.4 Å². The topological polar surface area (TPSA) is 44.6 Å². The van der Waals surface area contributed by atoms with Crippen molar-refractivity contribution in [2.75, 3.05) is 39.3 Å². The summed E-state index contributed by atoms with van der Waals surface area (Å²) in [7, 11) is 0. The minimum Gasteiger partial charge on any atom is -0.340 e. The molecule has 4 aromatic carbocycles. The second-order valence-corrected chi connectivity index (χ2v) is 12.9. The first-order valence-electron chi connectivity index (χ1n) is 15.7. The highest BCUT2D eigenvalue weighted by Gasteiger charge is 2.33. The number of amides is 1. The number of rotatable bonds is 7. The summed E-state index contributed by atoms with van der Waals surface area (Å²) in [5.41, 5.74) is 5.81. The van der Waals surface area contributed by atoms with Crippen LogP contribution in [0.15, 0.2) is 114 Å². The third kappa shape index (κ3) is 6.09. The van der Waals surface area contributed by atoms with Gasteiger partial charge in [-0.2, -0.15) is 0 Å². The molecule has 224 valence electrons. The number of imidazole rings is 1. The normalized spacial score (nSPS) is 18.2. The molecule has 0 bridgehead atoms. The Kier molecular flexibility index (Phi) is 8.60. The van der Waals surface area contributed by atoms with Gasteiger partial charge >= 0.3 is 0 Å². The lowest BCUT2D eigenvalue weighted by molar-refractivity contribution is -0.139. The van der Waals surface area contributed by atoms with Crippen molar-refractivity contribution >= 4 is 32.9 Å². The first-order valence-corrected chi connectivity index (χ1v) is 16.5. The Morgan fingerprint density at radius 1 is 0.773 bits per heavy atom. The van der Waals surface area contributed by atoms with Crippen molar-refractivity contribution in [1.82, 2.24) is 24.3 Å². The lowest BCUT2D eigenvalue weighted by Gasteiger charge is -2.42. The molecule has 0 N–H and O–H groups in total. The minimum absolute atomic E-state index is 0.0276. The number of benzene rings is 4. The largest absolute Gasteiger partial charge is 0.340 e. The van der Waals surface area contributed by atoms with E-state index in [-0.39, 0.29) is 12.0 Å². The molecule has 1 atom stereocenters. The fourth-order valence-corrected chi connectivity index (χ4v) is 7.27. The van der Waals surface area contributed by atoms with Gasteiger partial charge in [-0.05, 0) is 66.9 Å². The molecule has 3 heterocycles. The summed E-state index contributed by atoms with van der Waals surface area (Å²) in [6, 6.07) is 38.4. The van der Waals surface area contributed by atoms with E-state index in [1.807, 2.05) is 6.07 Å². The lowest BCUT2D eigenvalue weighted by atomic mass is 9.95. The van der Waals surface area contributed by atoms with E-state index in [1.54, 1.807) is 0 Å². The molecule has 2 aliphatic rings. The number of aromatic nitrogens is 2. The van der Waals surface area contributed by atoms with Crippen LogP contribution in [-0.2, 0) is 11.3 Å². The highest BCUT2D eigenvalue weighted by atomic mass is 79.9. The van der Waals surface area contributed by atoms with Gasteiger partial charge in [-0.1, -0.05) is 88.7 Å². The summed E-state index contributed by atoms with van der Waals surface area (Å²) in [6.07, 6.45) is 1.98. The van der Waals surface area contributed by atoms with E-state index in [0.29, 0.717) is 5.91 Å². The van der Waals surface area contributed by atoms with Crippen LogP contribution in [0.1, 0.15) is 35.8 Å². The Bertz CT molecular complexity index is 1660. The second kappa shape index (κ2) is 13.1. The number of hydrogen-bond acceptors (Lipinski definition) is 4. The molecular weight excluding hydrogens is 610 g/mol. The number of carbonyl (C=O) groups excluding carboxylic acids is 1. The van der Waals surface area contributed by atoms with E-state index in [9.17, 15) is 4.79 Å². The number of piperazine rings is 1. The van der Waals surface area contributed by atoms with Crippen molar-refractivity contribution in [2.24, 2.45) is 5.92 Å². The van der Waals surface area contributed by atoms with Gasteiger partial charge in [-0.25, -0.2) is 4.98 Å². The average molecular weight is 649 g/mol. The Labute approximate surface area is 268 Å². The van der Waals surface area contributed by atoms with E-state index in [4.69, 9.17) is 4.98 Å². The van der Waals surface area contributed by atoms with Crippen LogP contribution in [-0.4, -0.2) is 69.4 Å². The van der Waals surface area contributed by atoms with Gasteiger partial charge in [0, 0.05) is 42.9 Å². The fraction of sp³-hybridized carbons (Fsp3) is 0.297. The maximum atomic E-state index is 13.9. The summed E-state index contributed by atoms with van der Waals surface area (Å²) in [4.78, 5) is 26.0. The zero-order valence-electron chi connectivity index (χ0n) is 24.9. The summed E-state index contributed by atoms with van der Waals surface area (Å²) in [5, 5.41) is 0. The first kappa shape index (κ1) is 29.0. The van der Waals surface area contributed by atoms with Gasteiger partial charge < -0.3 is 4.90 Å². The van der Waals surface area contributed by atoms with Crippen molar-refractivity contribution in [3.05, 3.63) is 131 Å².